The summed E-state index contributed by atoms with van der Waals surface area (Å²) in [5.41, 5.74) is 6.71. The van der Waals surface area contributed by atoms with Gasteiger partial charge in [0.15, 0.2) is 5.96 Å². The Kier molecular flexibility index (Phi) is 7.51. The largest absolute Gasteiger partial charge is 0.377 e. The first-order valence-electron chi connectivity index (χ1n) is 12.2. The number of sulfonamides is 1. The first-order valence-corrected chi connectivity index (χ1v) is 13.7. The average Bonchev–Trinajstić information content (AvgIpc) is 2.83. The number of hydrogen-bond acceptors (Lipinski definition) is 7. The number of aliphatic imine (C=N–C) groups is 1. The van der Waals surface area contributed by atoms with Crippen molar-refractivity contribution in [2.24, 2.45) is 22.6 Å². The van der Waals surface area contributed by atoms with E-state index >= 15 is 0 Å². The van der Waals surface area contributed by atoms with E-state index in [1.807, 2.05) is 48.2 Å². The minimum absolute atomic E-state index is 0.0278. The van der Waals surface area contributed by atoms with Gasteiger partial charge in [-0.2, -0.15) is 0 Å². The molecule has 0 saturated carbocycles. The number of nitrogens with zero attached hydrogens (tertiary/aromatic N) is 3. The molecule has 0 spiro atoms. The number of benzene rings is 2. The van der Waals surface area contributed by atoms with Gasteiger partial charge in [0.1, 0.15) is 0 Å². The maximum Gasteiger partial charge on any atom is 0.241 e. The zero-order valence-electron chi connectivity index (χ0n) is 20.7. The number of anilines is 1. The van der Waals surface area contributed by atoms with E-state index in [2.05, 4.69) is 22.0 Å². The van der Waals surface area contributed by atoms with Gasteiger partial charge in [0.05, 0.1) is 4.90 Å². The first kappa shape index (κ1) is 25.2. The Balaban J connectivity index is 1.63. The fourth-order valence-electron chi connectivity index (χ4n) is 4.87. The number of carbonyl (C=O) groups excluding carboxylic acids is 1. The van der Waals surface area contributed by atoms with Crippen LogP contribution in [0.5, 0.6) is 0 Å². The Morgan fingerprint density at radius 1 is 1.20 bits per heavy atom. The summed E-state index contributed by atoms with van der Waals surface area (Å²) in [4.78, 5) is 21.5. The van der Waals surface area contributed by atoms with E-state index in [1.54, 1.807) is 12.1 Å². The van der Waals surface area contributed by atoms with Crippen molar-refractivity contribution in [3.8, 4) is 0 Å². The molecule has 1 saturated heterocycles. The Morgan fingerprint density at radius 3 is 2.54 bits per heavy atom. The van der Waals surface area contributed by atoms with Crippen LogP contribution >= 0.6 is 0 Å². The molecule has 10 heteroatoms. The van der Waals surface area contributed by atoms with E-state index in [9.17, 15) is 13.2 Å². The van der Waals surface area contributed by atoms with Crippen LogP contribution in [0.25, 0.3) is 10.8 Å². The third-order valence-electron chi connectivity index (χ3n) is 7.08. The van der Waals surface area contributed by atoms with Crippen molar-refractivity contribution < 1.29 is 13.2 Å². The van der Waals surface area contributed by atoms with E-state index in [4.69, 9.17) is 5.73 Å². The van der Waals surface area contributed by atoms with Crippen molar-refractivity contribution in [1.82, 2.24) is 14.9 Å². The predicted octanol–water partition coefficient (Wildman–Crippen LogP) is 1.74. The highest BCUT2D eigenvalue weighted by molar-refractivity contribution is 7.89. The number of carbonyl (C=O) groups is 1. The molecule has 1 fully saturated rings. The molecule has 2 atom stereocenters. The zero-order chi connectivity index (χ0) is 25.2. The monoisotopic (exact) mass is 500 g/mol. The average molecular weight is 501 g/mol. The molecule has 4 N–H and O–H groups in total. The van der Waals surface area contributed by atoms with Gasteiger partial charge < -0.3 is 20.9 Å². The normalized spacial score (nSPS) is 20.3. The maximum absolute atomic E-state index is 13.7. The summed E-state index contributed by atoms with van der Waals surface area (Å²) in [6.07, 6.45) is 2.03. The molecule has 2 aliphatic heterocycles. The summed E-state index contributed by atoms with van der Waals surface area (Å²) < 4.78 is 30.3. The molecule has 190 valence electrons. The number of guanidine groups is 1. The van der Waals surface area contributed by atoms with Crippen molar-refractivity contribution in [3.05, 3.63) is 36.4 Å². The number of likely N-dealkylation sites (tertiary alicyclic amines) is 1. The number of fused-ring (bicyclic) bond motifs is 1. The highest BCUT2D eigenvalue weighted by Crippen LogP contribution is 2.31. The van der Waals surface area contributed by atoms with Gasteiger partial charge in [-0.05, 0) is 30.9 Å². The van der Waals surface area contributed by atoms with Crippen LogP contribution in [0, 0.1) is 11.8 Å². The molecule has 2 heterocycles. The molecule has 0 bridgehead atoms. The quantitative estimate of drug-likeness (QED) is 0.533. The number of nitrogens with one attached hydrogen (secondary N) is 2. The lowest BCUT2D eigenvalue weighted by molar-refractivity contribution is -0.133. The molecule has 0 radical (unpaired) electrons. The van der Waals surface area contributed by atoms with Gasteiger partial charge in [-0.15, -0.1) is 0 Å². The van der Waals surface area contributed by atoms with Gasteiger partial charge >= 0.3 is 0 Å². The van der Waals surface area contributed by atoms with E-state index in [1.165, 1.54) is 0 Å². The Labute approximate surface area is 207 Å². The van der Waals surface area contributed by atoms with Crippen LogP contribution in [0.3, 0.4) is 0 Å². The number of hydrogen-bond donors (Lipinski definition) is 3. The molecule has 0 aliphatic carbocycles. The Bertz CT molecular complexity index is 1200. The van der Waals surface area contributed by atoms with Crippen LogP contribution in [0.2, 0.25) is 0 Å². The third-order valence-corrected chi connectivity index (χ3v) is 8.63. The lowest BCUT2D eigenvalue weighted by atomic mass is 9.94. The number of piperidine rings is 1. The summed E-state index contributed by atoms with van der Waals surface area (Å²) in [6, 6.07) is 10.3. The van der Waals surface area contributed by atoms with Crippen LogP contribution in [0.1, 0.15) is 26.2 Å². The summed E-state index contributed by atoms with van der Waals surface area (Å²) >= 11 is 0. The maximum atomic E-state index is 13.7. The van der Waals surface area contributed by atoms with Crippen molar-refractivity contribution in [2.75, 3.05) is 45.2 Å². The Hall–Kier alpha value is -2.85. The summed E-state index contributed by atoms with van der Waals surface area (Å²) in [6.45, 7) is 4.43. The van der Waals surface area contributed by atoms with Gasteiger partial charge in [-0.1, -0.05) is 31.2 Å². The van der Waals surface area contributed by atoms with E-state index in [-0.39, 0.29) is 23.1 Å². The van der Waals surface area contributed by atoms with Crippen LogP contribution in [-0.2, 0) is 14.8 Å². The summed E-state index contributed by atoms with van der Waals surface area (Å²) in [5, 5.41) is 4.51. The van der Waals surface area contributed by atoms with Crippen molar-refractivity contribution in [3.63, 3.8) is 0 Å². The zero-order valence-corrected chi connectivity index (χ0v) is 21.5. The predicted molar refractivity (Wildman–Crippen MR) is 140 cm³/mol. The van der Waals surface area contributed by atoms with Crippen LogP contribution in [0.15, 0.2) is 46.3 Å². The van der Waals surface area contributed by atoms with Crippen LogP contribution in [-0.4, -0.2) is 71.5 Å². The first-order chi connectivity index (χ1) is 16.7. The summed E-state index contributed by atoms with van der Waals surface area (Å²) in [7, 11) is -0.0632. The van der Waals surface area contributed by atoms with Crippen molar-refractivity contribution in [1.29, 1.82) is 0 Å². The van der Waals surface area contributed by atoms with E-state index in [0.29, 0.717) is 43.4 Å². The smallest absolute Gasteiger partial charge is 0.241 e. The van der Waals surface area contributed by atoms with E-state index < -0.39 is 16.1 Å². The third kappa shape index (κ3) is 5.70. The second kappa shape index (κ2) is 10.4. The molecular formula is C25H36N6O3S. The molecule has 0 aromatic heterocycles. The lowest BCUT2D eigenvalue weighted by Gasteiger charge is -2.34. The van der Waals surface area contributed by atoms with Gasteiger partial charge in [-0.25, -0.2) is 13.1 Å². The van der Waals surface area contributed by atoms with Crippen molar-refractivity contribution >= 4 is 38.3 Å². The minimum atomic E-state index is -3.92. The van der Waals surface area contributed by atoms with E-state index in [0.717, 1.165) is 23.9 Å². The second-order valence-corrected chi connectivity index (χ2v) is 11.6. The highest BCUT2D eigenvalue weighted by atomic mass is 32.2. The van der Waals surface area contributed by atoms with Crippen LogP contribution < -0.4 is 20.7 Å². The molecule has 2 aromatic carbocycles. The number of nitrogens with two attached hydrogens (primary N) is 1. The molecule has 2 aliphatic rings. The standard InChI is InChI=1S/C25H36N6O3S/c1-17-10-12-31(13-11-17)24(32)14-21(18-15-27-25(26)28-16-18)29-35(33,34)23-9-5-6-19-20(23)7-4-8-22(19)30(2)3/h4-9,17-18,21,29H,10-16H2,1-3H3,(H3,26,27,28). The van der Waals surface area contributed by atoms with Crippen molar-refractivity contribution in [2.45, 2.75) is 37.1 Å². The fraction of sp³-hybridized carbons (Fsp3) is 0.520. The Morgan fingerprint density at radius 2 is 1.89 bits per heavy atom. The molecule has 35 heavy (non-hydrogen) atoms. The molecular weight excluding hydrogens is 464 g/mol. The number of amides is 1. The molecule has 9 nitrogen and oxygen atoms in total. The highest BCUT2D eigenvalue weighted by Gasteiger charge is 2.33. The topological polar surface area (TPSA) is 120 Å². The molecule has 4 rings (SSSR count). The second-order valence-electron chi connectivity index (χ2n) is 9.88. The van der Waals surface area contributed by atoms with Crippen LogP contribution in [0.4, 0.5) is 5.69 Å². The lowest BCUT2D eigenvalue weighted by Crippen LogP contribution is -2.52. The molecule has 1 amide bonds. The number of rotatable bonds is 7. The van der Waals surface area contributed by atoms with Gasteiger partial charge in [-0.3, -0.25) is 9.79 Å². The summed E-state index contributed by atoms with van der Waals surface area (Å²) in [5.74, 6) is 0.716. The molecule has 2 aromatic rings. The SMILES string of the molecule is CC1CCN(C(=O)CC(NS(=O)(=O)c2cccc3c(N(C)C)cccc23)C2CN=C(N)NC2)CC1. The minimum Gasteiger partial charge on any atom is -0.377 e. The van der Waals surface area contributed by atoms with Gasteiger partial charge in [0.25, 0.3) is 0 Å². The fourth-order valence-corrected chi connectivity index (χ4v) is 6.40. The van der Waals surface area contributed by atoms with Gasteiger partial charge in [0, 0.05) is 75.1 Å². The molecule has 2 unspecified atom stereocenters. The van der Waals surface area contributed by atoms with Gasteiger partial charge in [0.2, 0.25) is 15.9 Å².